The van der Waals surface area contributed by atoms with Gasteiger partial charge in [-0.2, -0.15) is 13.2 Å². The number of hydrogen-bond acceptors (Lipinski definition) is 3. The average Bonchev–Trinajstić information content (AvgIpc) is 2.44. The highest BCUT2D eigenvalue weighted by Crippen LogP contribution is 2.56. The molecule has 7 heteroatoms. The zero-order valence-electron chi connectivity index (χ0n) is 11.9. The van der Waals surface area contributed by atoms with Gasteiger partial charge in [0.05, 0.1) is 0 Å². The summed E-state index contributed by atoms with van der Waals surface area (Å²) in [6, 6.07) is 4.02. The normalized spacial score (nSPS) is 21.7. The van der Waals surface area contributed by atoms with E-state index in [0.29, 0.717) is 18.8 Å². The molecule has 120 valence electrons. The molecule has 2 fully saturated rings. The van der Waals surface area contributed by atoms with Crippen molar-refractivity contribution in [2.45, 2.75) is 37.8 Å². The van der Waals surface area contributed by atoms with Crippen molar-refractivity contribution in [3.63, 3.8) is 0 Å². The maximum absolute atomic E-state index is 12.7. The van der Waals surface area contributed by atoms with E-state index in [4.69, 9.17) is 0 Å². The van der Waals surface area contributed by atoms with Crippen molar-refractivity contribution in [1.29, 1.82) is 0 Å². The first-order chi connectivity index (χ1) is 10.3. The Kier molecular flexibility index (Phi) is 3.53. The van der Waals surface area contributed by atoms with Gasteiger partial charge in [0, 0.05) is 24.7 Å². The van der Waals surface area contributed by atoms with Gasteiger partial charge in [0.1, 0.15) is 11.8 Å². The van der Waals surface area contributed by atoms with Crippen molar-refractivity contribution in [2.75, 3.05) is 13.1 Å². The summed E-state index contributed by atoms with van der Waals surface area (Å²) in [7, 11) is 0. The predicted molar refractivity (Wildman–Crippen MR) is 69.9 cm³/mol. The molecule has 0 aromatic carbocycles. The van der Waals surface area contributed by atoms with E-state index in [2.05, 4.69) is 4.98 Å². The van der Waals surface area contributed by atoms with Crippen LogP contribution in [0.4, 0.5) is 18.0 Å². The number of pyridine rings is 1. The van der Waals surface area contributed by atoms with Crippen molar-refractivity contribution in [3.8, 4) is 0 Å². The zero-order valence-corrected chi connectivity index (χ0v) is 11.9. The molecule has 1 spiro atoms. The Labute approximate surface area is 126 Å². The SMILES string of the molecule is O=C([O-])N1CCC2(CC1)CC(c1cccc(C(F)(F)F)n1)C2. The largest absolute Gasteiger partial charge is 0.530 e. The van der Waals surface area contributed by atoms with Gasteiger partial charge >= 0.3 is 6.18 Å². The van der Waals surface area contributed by atoms with Crippen LogP contribution in [-0.2, 0) is 6.18 Å². The molecule has 1 saturated carbocycles. The number of carboxylic acid groups (broad SMARTS) is 1. The third kappa shape index (κ3) is 2.76. The quantitative estimate of drug-likeness (QED) is 0.800. The van der Waals surface area contributed by atoms with E-state index in [1.165, 1.54) is 11.0 Å². The third-order valence-electron chi connectivity index (χ3n) is 4.92. The molecule has 2 aliphatic rings. The van der Waals surface area contributed by atoms with Gasteiger partial charge in [-0.25, -0.2) is 4.98 Å². The zero-order chi connectivity index (χ0) is 16.0. The Morgan fingerprint density at radius 3 is 2.45 bits per heavy atom. The molecule has 1 amide bonds. The standard InChI is InChI=1S/C15H17F3N2O2/c16-15(17,18)12-3-1-2-11(19-12)10-8-14(9-10)4-6-20(7-5-14)13(21)22/h1-3,10H,4-9H2,(H,21,22)/p-1. The molecule has 2 heterocycles. The number of nitrogens with zero attached hydrogens (tertiary/aromatic N) is 2. The summed E-state index contributed by atoms with van der Waals surface area (Å²) in [6.45, 7) is 0.899. The molecule has 1 aliphatic heterocycles. The topological polar surface area (TPSA) is 56.3 Å². The maximum Gasteiger partial charge on any atom is 0.433 e. The van der Waals surface area contributed by atoms with E-state index >= 15 is 0 Å². The van der Waals surface area contributed by atoms with Crippen LogP contribution in [0.15, 0.2) is 18.2 Å². The lowest BCUT2D eigenvalue weighted by Gasteiger charge is -2.52. The Hall–Kier alpha value is -1.79. The van der Waals surface area contributed by atoms with Gasteiger partial charge < -0.3 is 14.8 Å². The monoisotopic (exact) mass is 313 g/mol. The molecule has 0 radical (unpaired) electrons. The molecular weight excluding hydrogens is 297 g/mol. The highest BCUT2D eigenvalue weighted by molar-refractivity contribution is 5.62. The summed E-state index contributed by atoms with van der Waals surface area (Å²) in [6.07, 6.45) is -2.51. The Morgan fingerprint density at radius 2 is 1.91 bits per heavy atom. The number of rotatable bonds is 1. The van der Waals surface area contributed by atoms with Crippen molar-refractivity contribution >= 4 is 6.09 Å². The second-order valence-corrected chi connectivity index (χ2v) is 6.30. The molecular formula is C15H16F3N2O2-. The first kappa shape index (κ1) is 15.1. The fourth-order valence-electron chi connectivity index (χ4n) is 3.60. The average molecular weight is 313 g/mol. The summed E-state index contributed by atoms with van der Waals surface area (Å²) in [5.74, 6) is 0.0387. The van der Waals surface area contributed by atoms with Crippen LogP contribution >= 0.6 is 0 Å². The first-order valence-corrected chi connectivity index (χ1v) is 7.29. The van der Waals surface area contributed by atoms with Crippen LogP contribution in [0.3, 0.4) is 0 Å². The summed E-state index contributed by atoms with van der Waals surface area (Å²) in [5.41, 5.74) is -0.299. The lowest BCUT2D eigenvalue weighted by atomic mass is 9.57. The van der Waals surface area contributed by atoms with E-state index in [-0.39, 0.29) is 11.3 Å². The third-order valence-corrected chi connectivity index (χ3v) is 4.92. The molecule has 0 N–H and O–H groups in total. The van der Waals surface area contributed by atoms with Gasteiger partial charge in [-0.15, -0.1) is 0 Å². The van der Waals surface area contributed by atoms with Crippen LogP contribution in [0.2, 0.25) is 0 Å². The number of alkyl halides is 3. The molecule has 3 rings (SSSR count). The molecule has 22 heavy (non-hydrogen) atoms. The Bertz CT molecular complexity index is 572. The number of amides is 1. The lowest BCUT2D eigenvalue weighted by Crippen LogP contribution is -2.51. The number of carbonyl (C=O) groups is 1. The summed E-state index contributed by atoms with van der Waals surface area (Å²) in [5, 5.41) is 10.8. The molecule has 1 aromatic heterocycles. The summed E-state index contributed by atoms with van der Waals surface area (Å²) < 4.78 is 38.1. The van der Waals surface area contributed by atoms with E-state index < -0.39 is 18.0 Å². The second-order valence-electron chi connectivity index (χ2n) is 6.30. The van der Waals surface area contributed by atoms with E-state index in [9.17, 15) is 23.1 Å². The Morgan fingerprint density at radius 1 is 1.27 bits per heavy atom. The summed E-state index contributed by atoms with van der Waals surface area (Å²) in [4.78, 5) is 15.8. The van der Waals surface area contributed by atoms with Crippen LogP contribution in [0.1, 0.15) is 43.0 Å². The van der Waals surface area contributed by atoms with Crippen LogP contribution < -0.4 is 5.11 Å². The van der Waals surface area contributed by atoms with E-state index in [1.807, 2.05) is 0 Å². The Balaban J connectivity index is 1.63. The van der Waals surface area contributed by atoms with Gasteiger partial charge in [0.15, 0.2) is 0 Å². The van der Waals surface area contributed by atoms with Gasteiger partial charge in [-0.1, -0.05) is 6.07 Å². The maximum atomic E-state index is 12.7. The number of piperidine rings is 1. The molecule has 0 unspecified atom stereocenters. The number of hydrogen-bond donors (Lipinski definition) is 0. The number of carbonyl (C=O) groups excluding carboxylic acids is 1. The highest BCUT2D eigenvalue weighted by atomic mass is 19.4. The number of aromatic nitrogens is 1. The first-order valence-electron chi connectivity index (χ1n) is 7.29. The van der Waals surface area contributed by atoms with Gasteiger partial charge in [0.25, 0.3) is 0 Å². The van der Waals surface area contributed by atoms with Crippen LogP contribution in [0, 0.1) is 5.41 Å². The van der Waals surface area contributed by atoms with Crippen molar-refractivity contribution in [2.24, 2.45) is 5.41 Å². The predicted octanol–water partition coefficient (Wildman–Crippen LogP) is 2.40. The minimum absolute atomic E-state index is 0.0387. The molecule has 1 aliphatic carbocycles. The molecule has 1 saturated heterocycles. The minimum atomic E-state index is -4.42. The van der Waals surface area contributed by atoms with Crippen LogP contribution in [0.25, 0.3) is 0 Å². The lowest BCUT2D eigenvalue weighted by molar-refractivity contribution is -0.267. The fourth-order valence-corrected chi connectivity index (χ4v) is 3.60. The fraction of sp³-hybridized carbons (Fsp3) is 0.600. The molecule has 0 bridgehead atoms. The van der Waals surface area contributed by atoms with Gasteiger partial charge in [-0.3, -0.25) is 0 Å². The van der Waals surface area contributed by atoms with Crippen LogP contribution in [-0.4, -0.2) is 29.1 Å². The van der Waals surface area contributed by atoms with Gasteiger partial charge in [-0.05, 0) is 43.2 Å². The number of likely N-dealkylation sites (tertiary alicyclic amines) is 1. The molecule has 0 atom stereocenters. The van der Waals surface area contributed by atoms with Gasteiger partial charge in [0.2, 0.25) is 0 Å². The van der Waals surface area contributed by atoms with Crippen molar-refractivity contribution in [1.82, 2.24) is 9.88 Å². The van der Waals surface area contributed by atoms with Crippen LogP contribution in [0.5, 0.6) is 0 Å². The highest BCUT2D eigenvalue weighted by Gasteiger charge is 2.47. The van der Waals surface area contributed by atoms with Crippen molar-refractivity contribution < 1.29 is 23.1 Å². The smallest absolute Gasteiger partial charge is 0.433 e. The van der Waals surface area contributed by atoms with E-state index in [1.54, 1.807) is 6.07 Å². The second kappa shape index (κ2) is 5.14. The van der Waals surface area contributed by atoms with Crippen molar-refractivity contribution in [3.05, 3.63) is 29.6 Å². The molecule has 4 nitrogen and oxygen atoms in total. The summed E-state index contributed by atoms with van der Waals surface area (Å²) >= 11 is 0. The van der Waals surface area contributed by atoms with E-state index in [0.717, 1.165) is 31.7 Å². The minimum Gasteiger partial charge on any atom is -0.530 e. The molecule has 1 aromatic rings. The number of halogens is 3.